The first kappa shape index (κ1) is 12.6. The highest BCUT2D eigenvalue weighted by atomic mass is 32.2. The van der Waals surface area contributed by atoms with E-state index in [1.165, 1.54) is 21.5 Å². The molecule has 0 saturated carbocycles. The van der Waals surface area contributed by atoms with Crippen molar-refractivity contribution in [1.29, 1.82) is 0 Å². The van der Waals surface area contributed by atoms with Gasteiger partial charge >= 0.3 is 0 Å². The molecule has 0 amide bonds. The molecule has 1 aromatic rings. The van der Waals surface area contributed by atoms with Crippen molar-refractivity contribution in [2.75, 3.05) is 0 Å². The molecule has 1 atom stereocenters. The fraction of sp³-hybridized carbons (Fsp3) is 0.385. The molecule has 0 bridgehead atoms. The number of aryl methyl sites for hydroxylation is 2. The highest BCUT2D eigenvalue weighted by molar-refractivity contribution is 8.03. The molecule has 1 aliphatic heterocycles. The van der Waals surface area contributed by atoms with Crippen molar-refractivity contribution in [2.45, 2.75) is 32.7 Å². The molecule has 0 aromatic heterocycles. The van der Waals surface area contributed by atoms with Gasteiger partial charge in [0.05, 0.1) is 0 Å². The Balaban J connectivity index is 1.87. The van der Waals surface area contributed by atoms with Crippen LogP contribution >= 0.6 is 11.8 Å². The molecule has 0 spiro atoms. The largest absolute Gasteiger partial charge is 0.367 e. The number of nitrogens with one attached hydrogen (secondary N) is 2. The highest BCUT2D eigenvalue weighted by Gasteiger charge is 2.15. The molecular formula is C13H19BN2S. The number of hydrogen-bond acceptors (Lipinski definition) is 3. The van der Waals surface area contributed by atoms with E-state index >= 15 is 0 Å². The second-order valence-electron chi connectivity index (χ2n) is 4.44. The number of benzene rings is 1. The average molecular weight is 246 g/mol. The van der Waals surface area contributed by atoms with E-state index in [4.69, 9.17) is 0 Å². The lowest BCUT2D eigenvalue weighted by atomic mass is 9.79. The van der Waals surface area contributed by atoms with Crippen molar-refractivity contribution in [3.8, 4) is 0 Å². The van der Waals surface area contributed by atoms with Crippen molar-refractivity contribution < 1.29 is 0 Å². The predicted molar refractivity (Wildman–Crippen MR) is 78.7 cm³/mol. The Kier molecular flexibility index (Phi) is 4.18. The molecule has 2 N–H and O–H groups in total. The van der Waals surface area contributed by atoms with Gasteiger partial charge in [-0.05, 0) is 20.3 Å². The fourth-order valence-corrected chi connectivity index (χ4v) is 2.83. The predicted octanol–water partition coefficient (Wildman–Crippen LogP) is 1.74. The molecule has 1 aromatic carbocycles. The van der Waals surface area contributed by atoms with E-state index in [1.54, 1.807) is 0 Å². The summed E-state index contributed by atoms with van der Waals surface area (Å²) in [5.41, 5.74) is 4.40. The summed E-state index contributed by atoms with van der Waals surface area (Å²) in [5.74, 6) is 0. The van der Waals surface area contributed by atoms with E-state index in [0.29, 0.717) is 5.50 Å². The molecule has 0 saturated heterocycles. The standard InChI is InChI=1S/C13H19BN2S/c1-4-11-8-15-13(17-11)16-14-12-6-5-9(2)7-10(12)3/h5-8,13-16H,4H2,1-3H3. The first-order valence-electron chi connectivity index (χ1n) is 6.10. The number of allylic oxidation sites excluding steroid dienone is 1. The lowest BCUT2D eigenvalue weighted by Crippen LogP contribution is -2.42. The van der Waals surface area contributed by atoms with Crippen molar-refractivity contribution in [3.05, 3.63) is 40.4 Å². The van der Waals surface area contributed by atoms with Gasteiger partial charge in [0.15, 0.2) is 0 Å². The molecule has 0 aliphatic carbocycles. The van der Waals surface area contributed by atoms with Gasteiger partial charge in [0.1, 0.15) is 5.50 Å². The van der Waals surface area contributed by atoms with Crippen LogP contribution in [0.3, 0.4) is 0 Å². The van der Waals surface area contributed by atoms with Gasteiger partial charge in [0.25, 0.3) is 0 Å². The Hall–Kier alpha value is -0.865. The zero-order valence-electron chi connectivity index (χ0n) is 10.7. The maximum atomic E-state index is 3.52. The molecule has 1 aliphatic rings. The molecule has 90 valence electrons. The molecule has 2 rings (SSSR count). The van der Waals surface area contributed by atoms with Gasteiger partial charge in [-0.25, -0.2) is 0 Å². The minimum atomic E-state index is 0.325. The smallest absolute Gasteiger partial charge is 0.238 e. The molecular weight excluding hydrogens is 227 g/mol. The Labute approximate surface area is 109 Å². The normalized spacial score (nSPS) is 18.8. The molecule has 1 heterocycles. The van der Waals surface area contributed by atoms with Crippen LogP contribution in [0.15, 0.2) is 29.3 Å². The van der Waals surface area contributed by atoms with E-state index < -0.39 is 0 Å². The maximum Gasteiger partial charge on any atom is 0.238 e. The summed E-state index contributed by atoms with van der Waals surface area (Å²) in [6, 6.07) is 6.63. The van der Waals surface area contributed by atoms with E-state index in [2.05, 4.69) is 55.7 Å². The third kappa shape index (κ3) is 3.30. The number of rotatable bonds is 4. The van der Waals surface area contributed by atoms with Crippen LogP contribution in [-0.4, -0.2) is 12.9 Å². The van der Waals surface area contributed by atoms with Gasteiger partial charge in [-0.3, -0.25) is 0 Å². The number of thioether (sulfide) groups is 1. The zero-order valence-corrected chi connectivity index (χ0v) is 11.5. The van der Waals surface area contributed by atoms with Crippen LogP contribution in [0.25, 0.3) is 0 Å². The van der Waals surface area contributed by atoms with Gasteiger partial charge in [-0.2, -0.15) is 0 Å². The van der Waals surface area contributed by atoms with Crippen molar-refractivity contribution in [3.63, 3.8) is 0 Å². The fourth-order valence-electron chi connectivity index (χ4n) is 1.92. The summed E-state index contributed by atoms with van der Waals surface area (Å²) in [4.78, 5) is 1.42. The van der Waals surface area contributed by atoms with Crippen LogP contribution in [0.2, 0.25) is 0 Å². The summed E-state index contributed by atoms with van der Waals surface area (Å²) in [7, 11) is 0.918. The third-order valence-electron chi connectivity index (χ3n) is 2.99. The van der Waals surface area contributed by atoms with Gasteiger partial charge in [0.2, 0.25) is 7.41 Å². The highest BCUT2D eigenvalue weighted by Crippen LogP contribution is 2.25. The van der Waals surface area contributed by atoms with Crippen LogP contribution in [0.5, 0.6) is 0 Å². The van der Waals surface area contributed by atoms with Gasteiger partial charge in [-0.1, -0.05) is 53.5 Å². The summed E-state index contributed by atoms with van der Waals surface area (Å²) in [6.07, 6.45) is 3.23. The van der Waals surface area contributed by atoms with Crippen LogP contribution in [0.1, 0.15) is 24.5 Å². The van der Waals surface area contributed by atoms with Crippen molar-refractivity contribution >= 4 is 24.6 Å². The number of hydrogen-bond donors (Lipinski definition) is 2. The quantitative estimate of drug-likeness (QED) is 0.791. The van der Waals surface area contributed by atoms with Crippen molar-refractivity contribution in [1.82, 2.24) is 10.5 Å². The van der Waals surface area contributed by atoms with E-state index in [1.807, 2.05) is 11.8 Å². The molecule has 0 fully saturated rings. The van der Waals surface area contributed by atoms with Crippen molar-refractivity contribution in [2.24, 2.45) is 0 Å². The van der Waals surface area contributed by atoms with Crippen LogP contribution in [0.4, 0.5) is 0 Å². The Bertz CT molecular complexity index is 431. The minimum absolute atomic E-state index is 0.325. The van der Waals surface area contributed by atoms with Crippen LogP contribution in [0, 0.1) is 13.8 Å². The Morgan fingerprint density at radius 3 is 2.88 bits per heavy atom. The maximum absolute atomic E-state index is 3.52. The molecule has 17 heavy (non-hydrogen) atoms. The van der Waals surface area contributed by atoms with E-state index in [9.17, 15) is 0 Å². The lowest BCUT2D eigenvalue weighted by Gasteiger charge is -2.13. The first-order valence-corrected chi connectivity index (χ1v) is 6.98. The molecule has 4 heteroatoms. The monoisotopic (exact) mass is 246 g/mol. The third-order valence-corrected chi connectivity index (χ3v) is 4.24. The molecule has 2 nitrogen and oxygen atoms in total. The minimum Gasteiger partial charge on any atom is -0.367 e. The molecule has 0 radical (unpaired) electrons. The summed E-state index contributed by atoms with van der Waals surface area (Å²) >= 11 is 1.88. The van der Waals surface area contributed by atoms with E-state index in [0.717, 1.165) is 13.8 Å². The zero-order chi connectivity index (χ0) is 12.3. The Morgan fingerprint density at radius 1 is 1.41 bits per heavy atom. The SMILES string of the molecule is CCC1=CNC(NBc2ccc(C)cc2C)S1. The first-order chi connectivity index (χ1) is 8.19. The lowest BCUT2D eigenvalue weighted by molar-refractivity contribution is 0.771. The summed E-state index contributed by atoms with van der Waals surface area (Å²) in [5, 5.41) is 6.87. The topological polar surface area (TPSA) is 24.1 Å². The summed E-state index contributed by atoms with van der Waals surface area (Å²) < 4.78 is 0. The average Bonchev–Trinajstić information content (AvgIpc) is 2.76. The summed E-state index contributed by atoms with van der Waals surface area (Å²) in [6.45, 7) is 6.50. The second-order valence-corrected chi connectivity index (χ2v) is 5.67. The van der Waals surface area contributed by atoms with Gasteiger partial charge in [-0.15, -0.1) is 0 Å². The van der Waals surface area contributed by atoms with Crippen LogP contribution < -0.4 is 16.0 Å². The van der Waals surface area contributed by atoms with E-state index in [-0.39, 0.29) is 0 Å². The van der Waals surface area contributed by atoms with Gasteiger partial charge in [0, 0.05) is 11.1 Å². The molecule has 1 unspecified atom stereocenters. The van der Waals surface area contributed by atoms with Gasteiger partial charge < -0.3 is 10.5 Å². The Morgan fingerprint density at radius 2 is 2.24 bits per heavy atom. The van der Waals surface area contributed by atoms with Crippen LogP contribution in [-0.2, 0) is 0 Å². The second kappa shape index (κ2) is 5.65.